The third kappa shape index (κ3) is 3.83. The summed E-state index contributed by atoms with van der Waals surface area (Å²) in [5.41, 5.74) is -4.50. The van der Waals surface area contributed by atoms with Crippen LogP contribution in [-0.2, 0) is 16.9 Å². The second kappa shape index (κ2) is 8.11. The summed E-state index contributed by atoms with van der Waals surface area (Å²) in [5.74, 6) is -8.92. The summed E-state index contributed by atoms with van der Waals surface area (Å²) in [6.07, 6.45) is 2.01. The van der Waals surface area contributed by atoms with Gasteiger partial charge in [-0.2, -0.15) is 13.9 Å². The van der Waals surface area contributed by atoms with Crippen LogP contribution in [0.25, 0.3) is 0 Å². The predicted octanol–water partition coefficient (Wildman–Crippen LogP) is 2.73. The Balaban J connectivity index is 2.05. The number of amides is 1. The molecule has 0 aliphatic heterocycles. The van der Waals surface area contributed by atoms with Gasteiger partial charge in [0.15, 0.2) is 5.60 Å². The SMILES string of the molecule is COc1ccccc1NC(=O)C(F)(F)C(O)(Cn1cncn1)c1ccc(F)cc1F. The topological polar surface area (TPSA) is 89.3 Å². The molecular formula is C19H16F4N4O3. The van der Waals surface area contributed by atoms with Gasteiger partial charge in [0, 0.05) is 11.6 Å². The molecule has 1 aromatic heterocycles. The highest BCUT2D eigenvalue weighted by molar-refractivity contribution is 5.98. The minimum Gasteiger partial charge on any atom is -0.495 e. The number of nitrogens with one attached hydrogen (secondary N) is 1. The molecule has 0 saturated heterocycles. The van der Waals surface area contributed by atoms with Crippen molar-refractivity contribution in [2.75, 3.05) is 12.4 Å². The van der Waals surface area contributed by atoms with Crippen LogP contribution in [-0.4, -0.2) is 38.8 Å². The molecule has 0 saturated carbocycles. The lowest BCUT2D eigenvalue weighted by molar-refractivity contribution is -0.198. The zero-order chi connectivity index (χ0) is 21.9. The average molecular weight is 424 g/mol. The molecule has 158 valence electrons. The number of alkyl halides is 2. The van der Waals surface area contributed by atoms with Crippen molar-refractivity contribution < 1.29 is 32.2 Å². The van der Waals surface area contributed by atoms with Gasteiger partial charge < -0.3 is 15.2 Å². The van der Waals surface area contributed by atoms with Crippen LogP contribution in [0.5, 0.6) is 5.75 Å². The molecule has 1 heterocycles. The zero-order valence-electron chi connectivity index (χ0n) is 15.5. The van der Waals surface area contributed by atoms with E-state index in [1.54, 1.807) is 6.07 Å². The van der Waals surface area contributed by atoms with Crippen molar-refractivity contribution in [3.8, 4) is 5.75 Å². The minimum absolute atomic E-state index is 0.0904. The van der Waals surface area contributed by atoms with E-state index in [9.17, 15) is 18.7 Å². The number of hydrogen-bond donors (Lipinski definition) is 2. The molecule has 7 nitrogen and oxygen atoms in total. The summed E-state index contributed by atoms with van der Waals surface area (Å²) in [7, 11) is 1.28. The van der Waals surface area contributed by atoms with Crippen molar-refractivity contribution in [3.63, 3.8) is 0 Å². The van der Waals surface area contributed by atoms with Crippen LogP contribution in [0, 0.1) is 11.6 Å². The van der Waals surface area contributed by atoms with Gasteiger partial charge in [-0.25, -0.2) is 18.4 Å². The van der Waals surface area contributed by atoms with Crippen LogP contribution >= 0.6 is 0 Å². The van der Waals surface area contributed by atoms with Gasteiger partial charge in [-0.1, -0.05) is 12.1 Å². The molecule has 30 heavy (non-hydrogen) atoms. The molecule has 0 aliphatic rings. The smallest absolute Gasteiger partial charge is 0.358 e. The van der Waals surface area contributed by atoms with Crippen molar-refractivity contribution in [1.29, 1.82) is 0 Å². The summed E-state index contributed by atoms with van der Waals surface area (Å²) in [4.78, 5) is 16.1. The number of carbonyl (C=O) groups is 1. The van der Waals surface area contributed by atoms with Crippen molar-refractivity contribution in [3.05, 3.63) is 72.3 Å². The van der Waals surface area contributed by atoms with Gasteiger partial charge >= 0.3 is 5.92 Å². The van der Waals surface area contributed by atoms with Crippen LogP contribution in [0.3, 0.4) is 0 Å². The van der Waals surface area contributed by atoms with E-state index in [0.29, 0.717) is 18.2 Å². The molecule has 0 bridgehead atoms. The van der Waals surface area contributed by atoms with Crippen molar-refractivity contribution >= 4 is 11.6 Å². The zero-order valence-corrected chi connectivity index (χ0v) is 15.5. The Morgan fingerprint density at radius 1 is 1.23 bits per heavy atom. The van der Waals surface area contributed by atoms with Crippen LogP contribution in [0.2, 0.25) is 0 Å². The lowest BCUT2D eigenvalue weighted by atomic mass is 9.85. The first-order valence-electron chi connectivity index (χ1n) is 8.51. The molecule has 0 aliphatic carbocycles. The summed E-state index contributed by atoms with van der Waals surface area (Å²) in [6, 6.07) is 7.43. The maximum atomic E-state index is 15.3. The molecule has 3 rings (SSSR count). The second-order valence-corrected chi connectivity index (χ2v) is 6.31. The van der Waals surface area contributed by atoms with Crippen molar-refractivity contribution in [1.82, 2.24) is 14.8 Å². The van der Waals surface area contributed by atoms with Gasteiger partial charge in [0.2, 0.25) is 0 Å². The van der Waals surface area contributed by atoms with E-state index in [0.717, 1.165) is 17.3 Å². The van der Waals surface area contributed by atoms with E-state index in [4.69, 9.17) is 4.74 Å². The Morgan fingerprint density at radius 2 is 1.97 bits per heavy atom. The van der Waals surface area contributed by atoms with Crippen LogP contribution in [0.4, 0.5) is 23.2 Å². The van der Waals surface area contributed by atoms with Crippen LogP contribution < -0.4 is 10.1 Å². The van der Waals surface area contributed by atoms with E-state index in [1.165, 1.54) is 25.3 Å². The number of anilines is 1. The molecule has 1 unspecified atom stereocenters. The molecule has 0 fully saturated rings. The fourth-order valence-corrected chi connectivity index (χ4v) is 2.86. The number of hydrogen-bond acceptors (Lipinski definition) is 5. The van der Waals surface area contributed by atoms with E-state index in [1.807, 2.05) is 5.32 Å². The normalized spacial score (nSPS) is 13.5. The lowest BCUT2D eigenvalue weighted by Gasteiger charge is -2.35. The molecule has 2 aromatic carbocycles. The highest BCUT2D eigenvalue weighted by atomic mass is 19.3. The second-order valence-electron chi connectivity index (χ2n) is 6.31. The number of para-hydroxylation sites is 2. The third-order valence-electron chi connectivity index (χ3n) is 4.39. The fourth-order valence-electron chi connectivity index (χ4n) is 2.86. The number of benzene rings is 2. The number of aromatic nitrogens is 3. The largest absolute Gasteiger partial charge is 0.495 e. The van der Waals surface area contributed by atoms with Crippen molar-refractivity contribution in [2.45, 2.75) is 18.1 Å². The minimum atomic E-state index is -4.58. The molecule has 0 spiro atoms. The molecular weight excluding hydrogens is 408 g/mol. The molecule has 1 amide bonds. The van der Waals surface area contributed by atoms with E-state index in [2.05, 4.69) is 10.1 Å². The monoisotopic (exact) mass is 424 g/mol. The number of carbonyl (C=O) groups excluding carboxylic acids is 1. The first kappa shape index (κ1) is 21.2. The van der Waals surface area contributed by atoms with Gasteiger partial charge in [-0.05, 0) is 24.3 Å². The maximum absolute atomic E-state index is 15.3. The fraction of sp³-hybridized carbons (Fsp3) is 0.211. The molecule has 2 N–H and O–H groups in total. The highest BCUT2D eigenvalue weighted by Gasteiger charge is 2.61. The van der Waals surface area contributed by atoms with E-state index in [-0.39, 0.29) is 11.4 Å². The Labute approximate surface area is 167 Å². The molecule has 1 atom stereocenters. The quantitative estimate of drug-likeness (QED) is 0.570. The average Bonchev–Trinajstić information content (AvgIpc) is 3.20. The standard InChI is InChI=1S/C19H16F4N4O3/c1-30-16-5-3-2-4-15(16)26-17(28)19(22,23)18(29,9-27-11-24-10-25-27)13-7-6-12(20)8-14(13)21/h2-8,10-11,29H,9H2,1H3,(H,26,28). The number of ether oxygens (including phenoxy) is 1. The number of halogens is 4. The molecule has 0 radical (unpaired) electrons. The maximum Gasteiger partial charge on any atom is 0.358 e. The van der Waals surface area contributed by atoms with Crippen LogP contribution in [0.15, 0.2) is 55.1 Å². The number of aliphatic hydroxyl groups is 1. The van der Waals surface area contributed by atoms with E-state index >= 15 is 8.78 Å². The van der Waals surface area contributed by atoms with Gasteiger partial charge in [0.1, 0.15) is 30.0 Å². The summed E-state index contributed by atoms with van der Waals surface area (Å²) in [6.45, 7) is -1.04. The van der Waals surface area contributed by atoms with Gasteiger partial charge in [0.25, 0.3) is 5.91 Å². The van der Waals surface area contributed by atoms with Crippen molar-refractivity contribution in [2.24, 2.45) is 0 Å². The Kier molecular flexibility index (Phi) is 5.74. The highest BCUT2D eigenvalue weighted by Crippen LogP contribution is 2.41. The molecule has 11 heteroatoms. The Hall–Kier alpha value is -3.47. The number of rotatable bonds is 7. The Morgan fingerprint density at radius 3 is 2.60 bits per heavy atom. The third-order valence-corrected chi connectivity index (χ3v) is 4.39. The van der Waals surface area contributed by atoms with Gasteiger partial charge in [0.05, 0.1) is 19.3 Å². The summed E-state index contributed by atoms with van der Waals surface area (Å²) in [5, 5.41) is 16.5. The predicted molar refractivity (Wildman–Crippen MR) is 96.8 cm³/mol. The number of nitrogens with zero attached hydrogens (tertiary/aromatic N) is 3. The first-order chi connectivity index (χ1) is 14.2. The van der Waals surface area contributed by atoms with Gasteiger partial charge in [-0.3, -0.25) is 4.79 Å². The summed E-state index contributed by atoms with van der Waals surface area (Å²) >= 11 is 0. The lowest BCUT2D eigenvalue weighted by Crippen LogP contribution is -2.56. The molecule has 3 aromatic rings. The summed E-state index contributed by atoms with van der Waals surface area (Å²) < 4.78 is 64.1. The first-order valence-corrected chi connectivity index (χ1v) is 8.51. The number of methoxy groups -OCH3 is 1. The Bertz CT molecular complexity index is 1050. The van der Waals surface area contributed by atoms with Gasteiger partial charge in [-0.15, -0.1) is 0 Å². The van der Waals surface area contributed by atoms with Crippen LogP contribution in [0.1, 0.15) is 5.56 Å². The van der Waals surface area contributed by atoms with E-state index < -0.39 is 41.2 Å².